The van der Waals surface area contributed by atoms with Gasteiger partial charge in [0.15, 0.2) is 0 Å². The molecule has 0 saturated heterocycles. The summed E-state index contributed by atoms with van der Waals surface area (Å²) in [5.41, 5.74) is 0.836. The molecule has 0 unspecified atom stereocenters. The molecule has 1 fully saturated rings. The van der Waals surface area contributed by atoms with Crippen molar-refractivity contribution in [1.29, 1.82) is 0 Å². The lowest BCUT2D eigenvalue weighted by atomic mass is 9.80. The van der Waals surface area contributed by atoms with Crippen molar-refractivity contribution in [1.82, 2.24) is 5.32 Å². The van der Waals surface area contributed by atoms with Gasteiger partial charge in [0.2, 0.25) is 0 Å². The minimum atomic E-state index is -0.820. The van der Waals surface area contributed by atoms with Gasteiger partial charge in [-0.05, 0) is 38.3 Å². The van der Waals surface area contributed by atoms with Crippen molar-refractivity contribution in [3.05, 3.63) is 29.8 Å². The monoisotopic (exact) mass is 262 g/mol. The largest absolute Gasteiger partial charge is 0.388 e. The lowest BCUT2D eigenvalue weighted by molar-refractivity contribution is -0.137. The summed E-state index contributed by atoms with van der Waals surface area (Å²) in [5.74, 6) is -1.44. The van der Waals surface area contributed by atoms with E-state index in [1.165, 1.54) is 0 Å². The average Bonchev–Trinajstić information content (AvgIpc) is 2.36. The van der Waals surface area contributed by atoms with Crippen molar-refractivity contribution >= 4 is 17.5 Å². The smallest absolute Gasteiger partial charge is 0.313 e. The highest BCUT2D eigenvalue weighted by Gasteiger charge is 2.35. The normalized spacial score (nSPS) is 16.3. The fraction of sp³-hybridized carbons (Fsp3) is 0.429. The van der Waals surface area contributed by atoms with Gasteiger partial charge in [-0.25, -0.2) is 0 Å². The molecule has 2 amide bonds. The maximum Gasteiger partial charge on any atom is 0.313 e. The van der Waals surface area contributed by atoms with Crippen molar-refractivity contribution in [2.45, 2.75) is 31.8 Å². The third-order valence-corrected chi connectivity index (χ3v) is 3.38. The van der Waals surface area contributed by atoms with Crippen LogP contribution in [0.25, 0.3) is 0 Å². The van der Waals surface area contributed by atoms with Gasteiger partial charge in [0, 0.05) is 12.2 Å². The molecule has 0 heterocycles. The molecule has 1 aliphatic carbocycles. The second-order valence-corrected chi connectivity index (χ2v) is 5.08. The molecule has 0 radical (unpaired) electrons. The summed E-state index contributed by atoms with van der Waals surface area (Å²) in [4.78, 5) is 23.2. The first-order chi connectivity index (χ1) is 8.98. The average molecular weight is 262 g/mol. The Kier molecular flexibility index (Phi) is 3.85. The molecule has 2 rings (SSSR count). The zero-order valence-electron chi connectivity index (χ0n) is 10.9. The maximum atomic E-state index is 11.6. The van der Waals surface area contributed by atoms with Crippen LogP contribution < -0.4 is 10.6 Å². The van der Waals surface area contributed by atoms with Crippen LogP contribution in [0.15, 0.2) is 24.3 Å². The first-order valence-electron chi connectivity index (χ1n) is 6.37. The highest BCUT2D eigenvalue weighted by molar-refractivity contribution is 6.39. The number of hydrogen-bond acceptors (Lipinski definition) is 3. The molecule has 19 heavy (non-hydrogen) atoms. The molecule has 3 N–H and O–H groups in total. The van der Waals surface area contributed by atoms with Crippen LogP contribution in [-0.2, 0) is 9.59 Å². The molecule has 5 nitrogen and oxygen atoms in total. The van der Waals surface area contributed by atoms with Gasteiger partial charge in [-0.3, -0.25) is 9.59 Å². The topological polar surface area (TPSA) is 78.4 Å². The summed E-state index contributed by atoms with van der Waals surface area (Å²) < 4.78 is 0. The second kappa shape index (κ2) is 5.40. The van der Waals surface area contributed by atoms with Crippen LogP contribution in [0.4, 0.5) is 5.69 Å². The van der Waals surface area contributed by atoms with Crippen LogP contribution in [0.5, 0.6) is 0 Å². The van der Waals surface area contributed by atoms with Gasteiger partial charge in [0.1, 0.15) is 0 Å². The Morgan fingerprint density at radius 2 is 1.84 bits per heavy atom. The van der Waals surface area contributed by atoms with E-state index in [0.29, 0.717) is 18.5 Å². The van der Waals surface area contributed by atoms with E-state index in [4.69, 9.17) is 0 Å². The molecule has 0 spiro atoms. The van der Waals surface area contributed by atoms with Gasteiger partial charge in [0.05, 0.1) is 5.60 Å². The van der Waals surface area contributed by atoms with Crippen molar-refractivity contribution in [2.75, 3.05) is 11.9 Å². The number of anilines is 1. The SMILES string of the molecule is Cc1ccc(NC(=O)C(=O)NCC2(O)CCC2)cc1. The zero-order valence-corrected chi connectivity index (χ0v) is 10.9. The van der Waals surface area contributed by atoms with E-state index < -0.39 is 17.4 Å². The number of carbonyl (C=O) groups is 2. The Balaban J connectivity index is 1.82. The quantitative estimate of drug-likeness (QED) is 0.710. The van der Waals surface area contributed by atoms with Gasteiger partial charge in [0.25, 0.3) is 0 Å². The number of hydrogen-bond donors (Lipinski definition) is 3. The molecule has 102 valence electrons. The van der Waals surface area contributed by atoms with E-state index in [1.807, 2.05) is 19.1 Å². The summed E-state index contributed by atoms with van der Waals surface area (Å²) in [6.07, 6.45) is 2.31. The summed E-state index contributed by atoms with van der Waals surface area (Å²) in [6, 6.07) is 7.18. The van der Waals surface area contributed by atoms with Gasteiger partial charge in [-0.2, -0.15) is 0 Å². The standard InChI is InChI=1S/C14H18N2O3/c1-10-3-5-11(6-4-10)16-13(18)12(17)15-9-14(19)7-2-8-14/h3-6,19H,2,7-9H2,1H3,(H,15,17)(H,16,18). The Bertz CT molecular complexity index is 478. The minimum absolute atomic E-state index is 0.132. The van der Waals surface area contributed by atoms with E-state index in [1.54, 1.807) is 12.1 Å². The molecule has 1 aromatic rings. The Labute approximate surface area is 112 Å². The van der Waals surface area contributed by atoms with Gasteiger partial charge in [-0.15, -0.1) is 0 Å². The first kappa shape index (κ1) is 13.5. The summed E-state index contributed by atoms with van der Waals surface area (Å²) in [7, 11) is 0. The van der Waals surface area contributed by atoms with Crippen molar-refractivity contribution in [3.8, 4) is 0 Å². The minimum Gasteiger partial charge on any atom is -0.388 e. The van der Waals surface area contributed by atoms with E-state index >= 15 is 0 Å². The molecule has 1 aromatic carbocycles. The van der Waals surface area contributed by atoms with E-state index in [0.717, 1.165) is 12.0 Å². The summed E-state index contributed by atoms with van der Waals surface area (Å²) >= 11 is 0. The number of aryl methyl sites for hydroxylation is 1. The molecule has 0 aliphatic heterocycles. The number of nitrogens with one attached hydrogen (secondary N) is 2. The predicted octanol–water partition coefficient (Wildman–Crippen LogP) is 0.965. The number of benzene rings is 1. The van der Waals surface area contributed by atoms with Crippen LogP contribution in [0.3, 0.4) is 0 Å². The number of rotatable bonds is 3. The van der Waals surface area contributed by atoms with Crippen LogP contribution >= 0.6 is 0 Å². The number of aliphatic hydroxyl groups is 1. The molecule has 0 bridgehead atoms. The third kappa shape index (κ3) is 3.54. The molecule has 0 aromatic heterocycles. The lowest BCUT2D eigenvalue weighted by Gasteiger charge is -2.36. The van der Waals surface area contributed by atoms with Gasteiger partial charge in [-0.1, -0.05) is 17.7 Å². The molecule has 0 atom stereocenters. The van der Waals surface area contributed by atoms with Gasteiger partial charge < -0.3 is 15.7 Å². The van der Waals surface area contributed by atoms with Crippen LogP contribution in [-0.4, -0.2) is 29.1 Å². The highest BCUT2D eigenvalue weighted by atomic mass is 16.3. The number of carbonyl (C=O) groups excluding carboxylic acids is 2. The molecule has 1 aliphatic rings. The summed E-state index contributed by atoms with van der Waals surface area (Å²) in [5, 5.41) is 14.8. The Hall–Kier alpha value is -1.88. The van der Waals surface area contributed by atoms with E-state index in [2.05, 4.69) is 10.6 Å². The van der Waals surface area contributed by atoms with Crippen LogP contribution in [0, 0.1) is 6.92 Å². The Morgan fingerprint density at radius 3 is 2.37 bits per heavy atom. The molecular weight excluding hydrogens is 244 g/mol. The number of amides is 2. The highest BCUT2D eigenvalue weighted by Crippen LogP contribution is 2.30. The van der Waals surface area contributed by atoms with Gasteiger partial charge >= 0.3 is 11.8 Å². The van der Waals surface area contributed by atoms with Crippen LogP contribution in [0.1, 0.15) is 24.8 Å². The second-order valence-electron chi connectivity index (χ2n) is 5.08. The van der Waals surface area contributed by atoms with Crippen molar-refractivity contribution in [3.63, 3.8) is 0 Å². The molecular formula is C14H18N2O3. The third-order valence-electron chi connectivity index (χ3n) is 3.38. The zero-order chi connectivity index (χ0) is 13.9. The van der Waals surface area contributed by atoms with E-state index in [-0.39, 0.29) is 6.54 Å². The molecule has 1 saturated carbocycles. The Morgan fingerprint density at radius 1 is 1.21 bits per heavy atom. The lowest BCUT2D eigenvalue weighted by Crippen LogP contribution is -2.49. The fourth-order valence-electron chi connectivity index (χ4n) is 1.91. The van der Waals surface area contributed by atoms with Crippen molar-refractivity contribution < 1.29 is 14.7 Å². The maximum absolute atomic E-state index is 11.6. The predicted molar refractivity (Wildman–Crippen MR) is 71.6 cm³/mol. The van der Waals surface area contributed by atoms with E-state index in [9.17, 15) is 14.7 Å². The molecule has 5 heteroatoms. The van der Waals surface area contributed by atoms with Crippen molar-refractivity contribution in [2.24, 2.45) is 0 Å². The fourth-order valence-corrected chi connectivity index (χ4v) is 1.91. The summed E-state index contributed by atoms with van der Waals surface area (Å²) in [6.45, 7) is 2.07. The van der Waals surface area contributed by atoms with Crippen LogP contribution in [0.2, 0.25) is 0 Å². The first-order valence-corrected chi connectivity index (χ1v) is 6.37.